The molecule has 0 fully saturated rings. The standard InChI is InChI=1S/C9H6F2O3/c10-9(11)4-14-8-2-7(13)5(3-12)1-6(8)9/h1-3,13H,4H2. The van der Waals surface area contributed by atoms with Crippen LogP contribution in [0.15, 0.2) is 12.1 Å². The van der Waals surface area contributed by atoms with E-state index in [1.165, 1.54) is 0 Å². The van der Waals surface area contributed by atoms with Gasteiger partial charge < -0.3 is 9.84 Å². The number of hydrogen-bond acceptors (Lipinski definition) is 3. The van der Waals surface area contributed by atoms with Gasteiger partial charge >= 0.3 is 5.92 Å². The molecule has 1 aliphatic rings. The van der Waals surface area contributed by atoms with Crippen molar-refractivity contribution in [2.45, 2.75) is 5.92 Å². The molecule has 14 heavy (non-hydrogen) atoms. The summed E-state index contributed by atoms with van der Waals surface area (Å²) in [6.45, 7) is -0.746. The highest BCUT2D eigenvalue weighted by atomic mass is 19.3. The fourth-order valence-electron chi connectivity index (χ4n) is 1.33. The molecule has 5 heteroatoms. The van der Waals surface area contributed by atoms with Crippen molar-refractivity contribution in [3.8, 4) is 11.5 Å². The molecular formula is C9H6F2O3. The Hall–Kier alpha value is -1.65. The summed E-state index contributed by atoms with van der Waals surface area (Å²) in [6.07, 6.45) is 0.323. The summed E-state index contributed by atoms with van der Waals surface area (Å²) in [5.74, 6) is -3.50. The van der Waals surface area contributed by atoms with Crippen molar-refractivity contribution in [1.82, 2.24) is 0 Å². The number of halogens is 2. The fraction of sp³-hybridized carbons (Fsp3) is 0.222. The predicted molar refractivity (Wildman–Crippen MR) is 42.9 cm³/mol. The first-order valence-corrected chi connectivity index (χ1v) is 3.88. The maximum atomic E-state index is 13.1. The summed E-state index contributed by atoms with van der Waals surface area (Å²) in [4.78, 5) is 10.4. The second-order valence-corrected chi connectivity index (χ2v) is 3.02. The molecule has 74 valence electrons. The van der Waals surface area contributed by atoms with Crippen LogP contribution in [-0.4, -0.2) is 18.0 Å². The van der Waals surface area contributed by atoms with Gasteiger partial charge in [-0.1, -0.05) is 0 Å². The topological polar surface area (TPSA) is 46.5 Å². The van der Waals surface area contributed by atoms with Gasteiger partial charge in [0, 0.05) is 6.07 Å². The SMILES string of the molecule is O=Cc1cc2c(cc1O)OCC2(F)F. The largest absolute Gasteiger partial charge is 0.507 e. The van der Waals surface area contributed by atoms with E-state index in [0.29, 0.717) is 6.29 Å². The number of alkyl halides is 2. The molecule has 1 aromatic rings. The first kappa shape index (κ1) is 8.93. The summed E-state index contributed by atoms with van der Waals surface area (Å²) in [5.41, 5.74) is -0.508. The average molecular weight is 200 g/mol. The van der Waals surface area contributed by atoms with Gasteiger partial charge in [0.15, 0.2) is 12.9 Å². The van der Waals surface area contributed by atoms with E-state index >= 15 is 0 Å². The summed E-state index contributed by atoms with van der Waals surface area (Å²) in [7, 11) is 0. The Morgan fingerprint density at radius 3 is 2.86 bits per heavy atom. The fourth-order valence-corrected chi connectivity index (χ4v) is 1.33. The quantitative estimate of drug-likeness (QED) is 0.701. The van der Waals surface area contributed by atoms with Crippen LogP contribution in [0.1, 0.15) is 15.9 Å². The van der Waals surface area contributed by atoms with E-state index in [-0.39, 0.29) is 22.6 Å². The van der Waals surface area contributed by atoms with E-state index < -0.39 is 12.5 Å². The third kappa shape index (κ3) is 1.13. The van der Waals surface area contributed by atoms with E-state index in [1.54, 1.807) is 0 Å². The normalized spacial score (nSPS) is 17.3. The molecule has 0 aromatic heterocycles. The minimum Gasteiger partial charge on any atom is -0.507 e. The van der Waals surface area contributed by atoms with Crippen LogP contribution < -0.4 is 4.74 Å². The molecule has 1 N–H and O–H groups in total. The van der Waals surface area contributed by atoms with Crippen LogP contribution in [0.2, 0.25) is 0 Å². The van der Waals surface area contributed by atoms with Gasteiger partial charge in [0.05, 0.1) is 11.1 Å². The van der Waals surface area contributed by atoms with Crippen LogP contribution in [0, 0.1) is 0 Å². The number of ether oxygens (including phenoxy) is 1. The molecule has 0 unspecified atom stereocenters. The van der Waals surface area contributed by atoms with Crippen LogP contribution in [-0.2, 0) is 5.92 Å². The van der Waals surface area contributed by atoms with Gasteiger partial charge in [-0.3, -0.25) is 4.79 Å². The molecule has 0 aliphatic carbocycles. The number of benzene rings is 1. The van der Waals surface area contributed by atoms with E-state index in [4.69, 9.17) is 0 Å². The lowest BCUT2D eigenvalue weighted by Crippen LogP contribution is -2.14. The van der Waals surface area contributed by atoms with Crippen molar-refractivity contribution in [3.63, 3.8) is 0 Å². The molecule has 0 bridgehead atoms. The molecular weight excluding hydrogens is 194 g/mol. The van der Waals surface area contributed by atoms with E-state index in [0.717, 1.165) is 12.1 Å². The summed E-state index contributed by atoms with van der Waals surface area (Å²) in [5, 5.41) is 9.19. The number of carbonyl (C=O) groups is 1. The molecule has 0 atom stereocenters. The van der Waals surface area contributed by atoms with Crippen molar-refractivity contribution < 1.29 is 23.4 Å². The Bertz CT molecular complexity index is 401. The summed E-state index contributed by atoms with van der Waals surface area (Å²) >= 11 is 0. The Labute approximate surface area is 77.9 Å². The van der Waals surface area contributed by atoms with Gasteiger partial charge in [0.25, 0.3) is 0 Å². The lowest BCUT2D eigenvalue weighted by Gasteiger charge is -2.06. The number of carbonyl (C=O) groups excluding carboxylic acids is 1. The Morgan fingerprint density at radius 1 is 1.50 bits per heavy atom. The first-order chi connectivity index (χ1) is 6.54. The molecule has 1 aromatic carbocycles. The van der Waals surface area contributed by atoms with Crippen molar-refractivity contribution in [2.75, 3.05) is 6.61 Å². The van der Waals surface area contributed by atoms with E-state index in [9.17, 15) is 18.7 Å². The molecule has 0 saturated carbocycles. The molecule has 3 nitrogen and oxygen atoms in total. The Balaban J connectivity index is 2.62. The third-order valence-corrected chi connectivity index (χ3v) is 2.06. The van der Waals surface area contributed by atoms with Gasteiger partial charge in [-0.05, 0) is 6.07 Å². The van der Waals surface area contributed by atoms with Crippen LogP contribution >= 0.6 is 0 Å². The van der Waals surface area contributed by atoms with Crippen molar-refractivity contribution in [2.24, 2.45) is 0 Å². The number of phenolic OH excluding ortho intramolecular Hbond substituents is 1. The summed E-state index contributed by atoms with van der Waals surface area (Å²) in [6, 6.07) is 1.98. The highest BCUT2D eigenvalue weighted by molar-refractivity contribution is 5.80. The molecule has 1 aliphatic heterocycles. The molecule has 0 saturated heterocycles. The highest BCUT2D eigenvalue weighted by Crippen LogP contribution is 2.43. The maximum Gasteiger partial charge on any atom is 0.310 e. The monoisotopic (exact) mass is 200 g/mol. The number of rotatable bonds is 1. The van der Waals surface area contributed by atoms with E-state index in [1.807, 2.05) is 0 Å². The van der Waals surface area contributed by atoms with Gasteiger partial charge in [0.2, 0.25) is 0 Å². The van der Waals surface area contributed by atoms with Crippen molar-refractivity contribution in [1.29, 1.82) is 0 Å². The number of hydrogen-bond donors (Lipinski definition) is 1. The zero-order valence-corrected chi connectivity index (χ0v) is 6.96. The van der Waals surface area contributed by atoms with Crippen LogP contribution in [0.3, 0.4) is 0 Å². The van der Waals surface area contributed by atoms with Crippen molar-refractivity contribution in [3.05, 3.63) is 23.3 Å². The highest BCUT2D eigenvalue weighted by Gasteiger charge is 2.42. The van der Waals surface area contributed by atoms with Gasteiger partial charge in [-0.15, -0.1) is 0 Å². The Kier molecular flexibility index (Phi) is 1.70. The molecule has 1 heterocycles. The minimum absolute atomic E-state index is 0.0712. The Morgan fingerprint density at radius 2 is 2.21 bits per heavy atom. The van der Waals surface area contributed by atoms with Crippen molar-refractivity contribution >= 4 is 6.29 Å². The molecule has 0 spiro atoms. The molecule has 0 radical (unpaired) electrons. The average Bonchev–Trinajstić information content (AvgIpc) is 2.41. The zero-order chi connectivity index (χ0) is 10.3. The number of aldehydes is 1. The zero-order valence-electron chi connectivity index (χ0n) is 6.96. The van der Waals surface area contributed by atoms with Gasteiger partial charge in [0.1, 0.15) is 11.5 Å². The molecule has 2 rings (SSSR count). The van der Waals surface area contributed by atoms with Gasteiger partial charge in [-0.2, -0.15) is 8.78 Å². The molecule has 0 amide bonds. The van der Waals surface area contributed by atoms with Crippen LogP contribution in [0.25, 0.3) is 0 Å². The summed E-state index contributed by atoms with van der Waals surface area (Å²) < 4.78 is 30.8. The van der Waals surface area contributed by atoms with Crippen LogP contribution in [0.5, 0.6) is 11.5 Å². The number of phenols is 1. The number of aromatic hydroxyl groups is 1. The second kappa shape index (κ2) is 2.67. The minimum atomic E-state index is -3.08. The lowest BCUT2D eigenvalue weighted by atomic mass is 10.1. The maximum absolute atomic E-state index is 13.1. The predicted octanol–water partition coefficient (Wildman–Crippen LogP) is 1.69. The first-order valence-electron chi connectivity index (χ1n) is 3.88. The smallest absolute Gasteiger partial charge is 0.310 e. The van der Waals surface area contributed by atoms with Crippen LogP contribution in [0.4, 0.5) is 8.78 Å². The van der Waals surface area contributed by atoms with Gasteiger partial charge in [-0.25, -0.2) is 0 Å². The second-order valence-electron chi connectivity index (χ2n) is 3.02. The third-order valence-electron chi connectivity index (χ3n) is 2.06. The lowest BCUT2D eigenvalue weighted by molar-refractivity contribution is -0.0214. The van der Waals surface area contributed by atoms with E-state index in [2.05, 4.69) is 4.74 Å². The number of fused-ring (bicyclic) bond motifs is 1.